The van der Waals surface area contributed by atoms with Crippen molar-refractivity contribution in [3.05, 3.63) is 76.7 Å². The molecule has 0 saturated carbocycles. The van der Waals surface area contributed by atoms with Crippen LogP contribution in [0.15, 0.2) is 43.0 Å². The van der Waals surface area contributed by atoms with Gasteiger partial charge < -0.3 is 5.32 Å². The van der Waals surface area contributed by atoms with Gasteiger partial charge in [-0.2, -0.15) is 28.5 Å². The molecule has 170 valence electrons. The van der Waals surface area contributed by atoms with Gasteiger partial charge in [0.05, 0.1) is 41.1 Å². The highest BCUT2D eigenvalue weighted by Gasteiger charge is 2.41. The van der Waals surface area contributed by atoms with Crippen molar-refractivity contribution in [1.82, 2.24) is 29.8 Å². The Labute approximate surface area is 184 Å². The minimum atomic E-state index is -5.22. The van der Waals surface area contributed by atoms with E-state index in [-0.39, 0.29) is 21.2 Å². The summed E-state index contributed by atoms with van der Waals surface area (Å²) in [6, 6.07) is 2.18. The molecule has 1 amide bonds. The number of anilines is 1. The van der Waals surface area contributed by atoms with E-state index in [1.165, 1.54) is 18.5 Å². The van der Waals surface area contributed by atoms with Crippen LogP contribution in [-0.4, -0.2) is 35.7 Å². The second kappa shape index (κ2) is 8.20. The summed E-state index contributed by atoms with van der Waals surface area (Å²) < 4.78 is 82.0. The van der Waals surface area contributed by atoms with Gasteiger partial charge in [-0.1, -0.05) is 11.6 Å². The largest absolute Gasteiger partial charge is 0.434 e. The number of hydrogen-bond acceptors (Lipinski definition) is 5. The number of rotatable bonds is 4. The predicted molar refractivity (Wildman–Crippen MR) is 101 cm³/mol. The first-order chi connectivity index (χ1) is 15.6. The van der Waals surface area contributed by atoms with E-state index in [9.17, 15) is 31.1 Å². The van der Waals surface area contributed by atoms with Crippen LogP contribution in [0.25, 0.3) is 11.5 Å². The Morgan fingerprint density at radius 2 is 1.70 bits per heavy atom. The fourth-order valence-electron chi connectivity index (χ4n) is 2.82. The summed E-state index contributed by atoms with van der Waals surface area (Å²) in [5, 5.41) is 13.2. The van der Waals surface area contributed by atoms with Gasteiger partial charge in [-0.25, -0.2) is 22.8 Å². The standard InChI is InChI=1S/C18H8ClF6N7O/c19-10-5-8(6-26-16(10)32-27-3-4-28-32)30-17(33)9-7-29-31(15(9)18(23,24)25)12-2-1-11(20)13(21)14(12)22/h1-7H,(H,30,33). The second-order valence-corrected chi connectivity index (χ2v) is 6.72. The molecule has 1 aromatic carbocycles. The van der Waals surface area contributed by atoms with E-state index in [1.54, 1.807) is 0 Å². The summed E-state index contributed by atoms with van der Waals surface area (Å²) in [4.78, 5) is 17.6. The Kier molecular flexibility index (Phi) is 5.53. The third-order valence-corrected chi connectivity index (χ3v) is 4.49. The number of hydrogen-bond donors (Lipinski definition) is 1. The molecule has 15 heteroatoms. The molecule has 0 atom stereocenters. The van der Waals surface area contributed by atoms with E-state index < -0.39 is 46.5 Å². The number of alkyl halides is 3. The highest BCUT2D eigenvalue weighted by Crippen LogP contribution is 2.35. The SMILES string of the molecule is O=C(Nc1cnc(-n2nccn2)c(Cl)c1)c1cnn(-c2ccc(F)c(F)c2F)c1C(F)(F)F. The van der Waals surface area contributed by atoms with Crippen LogP contribution in [0.3, 0.4) is 0 Å². The van der Waals surface area contributed by atoms with E-state index >= 15 is 0 Å². The summed E-state index contributed by atoms with van der Waals surface area (Å²) in [7, 11) is 0. The van der Waals surface area contributed by atoms with E-state index in [0.717, 1.165) is 11.0 Å². The van der Waals surface area contributed by atoms with Crippen LogP contribution in [0, 0.1) is 17.5 Å². The van der Waals surface area contributed by atoms with Crippen LogP contribution in [-0.2, 0) is 6.18 Å². The van der Waals surface area contributed by atoms with Crippen LogP contribution in [0.5, 0.6) is 0 Å². The van der Waals surface area contributed by atoms with Crippen LogP contribution < -0.4 is 5.32 Å². The molecular formula is C18H8ClF6N7O. The summed E-state index contributed by atoms with van der Waals surface area (Å²) in [6.45, 7) is 0. The van der Waals surface area contributed by atoms with Gasteiger partial charge in [0.15, 0.2) is 29.0 Å². The van der Waals surface area contributed by atoms with Gasteiger partial charge in [-0.3, -0.25) is 4.79 Å². The number of carbonyl (C=O) groups is 1. The Hall–Kier alpha value is -3.94. The highest BCUT2D eigenvalue weighted by molar-refractivity contribution is 6.32. The van der Waals surface area contributed by atoms with Crippen molar-refractivity contribution in [1.29, 1.82) is 0 Å². The zero-order chi connectivity index (χ0) is 23.9. The molecule has 0 unspecified atom stereocenters. The zero-order valence-corrected chi connectivity index (χ0v) is 16.5. The molecule has 4 rings (SSSR count). The lowest BCUT2D eigenvalue weighted by Crippen LogP contribution is -2.21. The van der Waals surface area contributed by atoms with Crippen molar-refractivity contribution in [2.45, 2.75) is 6.18 Å². The van der Waals surface area contributed by atoms with E-state index in [1.807, 2.05) is 0 Å². The van der Waals surface area contributed by atoms with Gasteiger partial charge in [0.25, 0.3) is 5.91 Å². The third-order valence-electron chi connectivity index (χ3n) is 4.21. The number of nitrogens with zero attached hydrogens (tertiary/aromatic N) is 6. The minimum Gasteiger partial charge on any atom is -0.320 e. The molecule has 0 aliphatic heterocycles. The number of benzene rings is 1. The summed E-state index contributed by atoms with van der Waals surface area (Å²) >= 11 is 6.06. The fraction of sp³-hybridized carbons (Fsp3) is 0.0556. The lowest BCUT2D eigenvalue weighted by molar-refractivity contribution is -0.143. The lowest BCUT2D eigenvalue weighted by atomic mass is 10.2. The Bertz CT molecular complexity index is 1350. The van der Waals surface area contributed by atoms with Gasteiger partial charge in [-0.15, -0.1) is 4.80 Å². The van der Waals surface area contributed by atoms with E-state index in [2.05, 4.69) is 25.6 Å². The van der Waals surface area contributed by atoms with Crippen LogP contribution in [0.4, 0.5) is 32.0 Å². The van der Waals surface area contributed by atoms with Crippen molar-refractivity contribution < 1.29 is 31.1 Å². The highest BCUT2D eigenvalue weighted by atomic mass is 35.5. The predicted octanol–water partition coefficient (Wildman–Crippen LogP) is 4.19. The van der Waals surface area contributed by atoms with E-state index in [0.29, 0.717) is 18.3 Å². The number of nitrogens with one attached hydrogen (secondary N) is 1. The monoisotopic (exact) mass is 487 g/mol. The molecule has 8 nitrogen and oxygen atoms in total. The lowest BCUT2D eigenvalue weighted by Gasteiger charge is -2.14. The number of carbonyl (C=O) groups excluding carboxylic acids is 1. The first kappa shape index (κ1) is 22.3. The van der Waals surface area contributed by atoms with Crippen molar-refractivity contribution in [3.8, 4) is 11.5 Å². The van der Waals surface area contributed by atoms with Crippen LogP contribution in [0.2, 0.25) is 5.02 Å². The minimum absolute atomic E-state index is 0.0281. The van der Waals surface area contributed by atoms with Gasteiger partial charge in [0.1, 0.15) is 5.69 Å². The molecule has 0 radical (unpaired) electrons. The third kappa shape index (κ3) is 4.11. The molecule has 0 fully saturated rings. The molecule has 0 spiro atoms. The first-order valence-electron chi connectivity index (χ1n) is 8.70. The molecular weight excluding hydrogens is 480 g/mol. The van der Waals surface area contributed by atoms with Gasteiger partial charge in [-0.05, 0) is 18.2 Å². The van der Waals surface area contributed by atoms with Crippen molar-refractivity contribution in [2.24, 2.45) is 0 Å². The van der Waals surface area contributed by atoms with Crippen molar-refractivity contribution in [2.75, 3.05) is 5.32 Å². The molecule has 3 aromatic heterocycles. The molecule has 1 N–H and O–H groups in total. The van der Waals surface area contributed by atoms with Crippen molar-refractivity contribution in [3.63, 3.8) is 0 Å². The normalized spacial score (nSPS) is 11.6. The maximum absolute atomic E-state index is 14.1. The smallest absolute Gasteiger partial charge is 0.320 e. The number of halogens is 7. The molecule has 0 saturated heterocycles. The van der Waals surface area contributed by atoms with Crippen molar-refractivity contribution >= 4 is 23.2 Å². The number of amides is 1. The Balaban J connectivity index is 1.71. The van der Waals surface area contributed by atoms with Crippen LogP contribution >= 0.6 is 11.6 Å². The fourth-order valence-corrected chi connectivity index (χ4v) is 3.06. The summed E-state index contributed by atoms with van der Waals surface area (Å²) in [6.07, 6.45) is -0.892. The molecule has 0 aliphatic rings. The summed E-state index contributed by atoms with van der Waals surface area (Å²) in [5.41, 5.74) is -3.84. The Morgan fingerprint density at radius 1 is 1.00 bits per heavy atom. The topological polar surface area (TPSA) is 90.5 Å². The summed E-state index contributed by atoms with van der Waals surface area (Å²) in [5.74, 6) is -6.70. The first-order valence-corrected chi connectivity index (χ1v) is 9.08. The average Bonchev–Trinajstić information content (AvgIpc) is 3.42. The Morgan fingerprint density at radius 3 is 2.33 bits per heavy atom. The molecule has 4 aromatic rings. The molecule has 0 bridgehead atoms. The number of pyridine rings is 1. The van der Waals surface area contributed by atoms with Crippen LogP contribution in [0.1, 0.15) is 16.1 Å². The zero-order valence-electron chi connectivity index (χ0n) is 15.8. The molecule has 3 heterocycles. The maximum atomic E-state index is 14.1. The quantitative estimate of drug-likeness (QED) is 0.344. The van der Waals surface area contributed by atoms with E-state index in [4.69, 9.17) is 11.6 Å². The van der Waals surface area contributed by atoms with Gasteiger partial charge in [0.2, 0.25) is 0 Å². The molecule has 33 heavy (non-hydrogen) atoms. The van der Waals surface area contributed by atoms with Gasteiger partial charge in [0, 0.05) is 0 Å². The maximum Gasteiger partial charge on any atom is 0.434 e. The second-order valence-electron chi connectivity index (χ2n) is 6.31. The number of aromatic nitrogens is 6. The molecule has 0 aliphatic carbocycles. The van der Waals surface area contributed by atoms with Gasteiger partial charge >= 0.3 is 6.18 Å². The average molecular weight is 488 g/mol.